The van der Waals surface area contributed by atoms with Gasteiger partial charge < -0.3 is 9.47 Å². The maximum absolute atomic E-state index is 9.49. The summed E-state index contributed by atoms with van der Waals surface area (Å²) in [5.74, 6) is 1.90. The highest BCUT2D eigenvalue weighted by atomic mass is 32.1. The van der Waals surface area contributed by atoms with E-state index < -0.39 is 0 Å². The number of fused-ring (bicyclic) bond motifs is 1. The molecule has 0 atom stereocenters. The largest absolute Gasteiger partial charge is 0.454 e. The molecule has 1 aromatic heterocycles. The first-order chi connectivity index (χ1) is 13.6. The quantitative estimate of drug-likeness (QED) is 0.490. The lowest BCUT2D eigenvalue weighted by molar-refractivity contribution is 0.174. The molecular formula is C21H18N4O2S. The number of anilines is 1. The monoisotopic (exact) mass is 390 g/mol. The third-order valence-corrected chi connectivity index (χ3v) is 5.20. The number of nitriles is 1. The van der Waals surface area contributed by atoms with Crippen molar-refractivity contribution < 1.29 is 9.47 Å². The number of hydrogen-bond donors (Lipinski definition) is 1. The molecule has 0 spiro atoms. The lowest BCUT2D eigenvalue weighted by Crippen LogP contribution is -2.01. The highest BCUT2D eigenvalue weighted by Gasteiger charge is 2.16. The van der Waals surface area contributed by atoms with E-state index in [0.29, 0.717) is 16.7 Å². The smallest absolute Gasteiger partial charge is 0.231 e. The fraction of sp³-hybridized carbons (Fsp3) is 0.190. The molecule has 1 N–H and O–H groups in total. The molecule has 0 bridgehead atoms. The van der Waals surface area contributed by atoms with E-state index >= 15 is 0 Å². The summed E-state index contributed by atoms with van der Waals surface area (Å²) < 4.78 is 10.7. The first-order valence-corrected chi connectivity index (χ1v) is 9.71. The molecule has 1 aliphatic rings. The van der Waals surface area contributed by atoms with E-state index in [1.807, 2.05) is 35.7 Å². The van der Waals surface area contributed by atoms with Gasteiger partial charge in [-0.15, -0.1) is 11.3 Å². The first-order valence-electron chi connectivity index (χ1n) is 8.83. The van der Waals surface area contributed by atoms with E-state index in [9.17, 15) is 5.26 Å². The van der Waals surface area contributed by atoms with Crippen molar-refractivity contribution in [1.82, 2.24) is 4.98 Å². The number of nitrogens with one attached hydrogen (secondary N) is 1. The molecule has 0 saturated carbocycles. The summed E-state index contributed by atoms with van der Waals surface area (Å²) in [6.07, 6.45) is 0. The summed E-state index contributed by atoms with van der Waals surface area (Å²) >= 11 is 1.38. The zero-order valence-electron chi connectivity index (χ0n) is 15.5. The van der Waals surface area contributed by atoms with Crippen LogP contribution in [0.25, 0.3) is 11.3 Å². The number of aromatic nitrogens is 1. The van der Waals surface area contributed by atoms with E-state index in [0.717, 1.165) is 22.7 Å². The van der Waals surface area contributed by atoms with Gasteiger partial charge in [-0.1, -0.05) is 26.0 Å². The van der Waals surface area contributed by atoms with Crippen molar-refractivity contribution >= 4 is 22.7 Å². The van der Waals surface area contributed by atoms with Crippen LogP contribution in [0.5, 0.6) is 11.5 Å². The average Bonchev–Trinajstić information content (AvgIpc) is 3.38. The molecule has 7 heteroatoms. The van der Waals surface area contributed by atoms with Crippen molar-refractivity contribution in [2.75, 3.05) is 12.2 Å². The predicted molar refractivity (Wildman–Crippen MR) is 110 cm³/mol. The maximum Gasteiger partial charge on any atom is 0.231 e. The molecule has 0 radical (unpaired) electrons. The van der Waals surface area contributed by atoms with Crippen molar-refractivity contribution in [3.63, 3.8) is 0 Å². The van der Waals surface area contributed by atoms with Gasteiger partial charge in [0.25, 0.3) is 0 Å². The Hall–Kier alpha value is -3.37. The van der Waals surface area contributed by atoms with Gasteiger partial charge in [-0.25, -0.2) is 4.98 Å². The van der Waals surface area contributed by atoms with Gasteiger partial charge in [0, 0.05) is 10.9 Å². The average molecular weight is 390 g/mol. The second-order valence-electron chi connectivity index (χ2n) is 6.57. The number of hydrogen-bond acceptors (Lipinski definition) is 7. The van der Waals surface area contributed by atoms with E-state index in [1.165, 1.54) is 16.9 Å². The number of hydrazone groups is 1. The minimum Gasteiger partial charge on any atom is -0.454 e. The predicted octanol–water partition coefficient (Wildman–Crippen LogP) is 5.00. The van der Waals surface area contributed by atoms with E-state index in [1.54, 1.807) is 0 Å². The molecule has 0 unspecified atom stereocenters. The van der Waals surface area contributed by atoms with Crippen LogP contribution in [0.4, 0.5) is 5.69 Å². The number of ether oxygens (including phenoxy) is 2. The van der Waals surface area contributed by atoms with Crippen LogP contribution in [0.3, 0.4) is 0 Å². The lowest BCUT2D eigenvalue weighted by atomic mass is 10.0. The first kappa shape index (κ1) is 18.0. The molecule has 2 aromatic carbocycles. The highest BCUT2D eigenvalue weighted by Crippen LogP contribution is 2.36. The van der Waals surface area contributed by atoms with Crippen molar-refractivity contribution in [3.05, 3.63) is 58.4 Å². The minimum atomic E-state index is 0.232. The molecule has 0 saturated heterocycles. The summed E-state index contributed by atoms with van der Waals surface area (Å²) in [4.78, 5) is 4.56. The Kier molecular flexibility index (Phi) is 4.96. The molecule has 2 heterocycles. The van der Waals surface area contributed by atoms with E-state index in [2.05, 4.69) is 47.6 Å². The van der Waals surface area contributed by atoms with Crippen molar-refractivity contribution in [1.29, 1.82) is 5.26 Å². The number of rotatable bonds is 5. The number of benzene rings is 2. The van der Waals surface area contributed by atoms with Crippen LogP contribution in [-0.4, -0.2) is 17.5 Å². The van der Waals surface area contributed by atoms with E-state index in [4.69, 9.17) is 9.47 Å². The Labute approximate surface area is 167 Å². The van der Waals surface area contributed by atoms with Gasteiger partial charge in [0.15, 0.2) is 22.2 Å². The Morgan fingerprint density at radius 2 is 1.96 bits per heavy atom. The third-order valence-electron chi connectivity index (χ3n) is 4.36. The van der Waals surface area contributed by atoms with Crippen molar-refractivity contribution in [3.8, 4) is 28.8 Å². The van der Waals surface area contributed by atoms with Gasteiger partial charge >= 0.3 is 0 Å². The summed E-state index contributed by atoms with van der Waals surface area (Å²) in [7, 11) is 0. The molecule has 140 valence electrons. The molecule has 0 aliphatic carbocycles. The van der Waals surface area contributed by atoms with Gasteiger partial charge in [-0.3, -0.25) is 5.43 Å². The van der Waals surface area contributed by atoms with Gasteiger partial charge in [-0.05, 0) is 41.8 Å². The second kappa shape index (κ2) is 7.71. The molecule has 28 heavy (non-hydrogen) atoms. The Bertz CT molecular complexity index is 1060. The van der Waals surface area contributed by atoms with Crippen LogP contribution in [-0.2, 0) is 0 Å². The van der Waals surface area contributed by atoms with Gasteiger partial charge in [0.2, 0.25) is 6.79 Å². The van der Waals surface area contributed by atoms with Gasteiger partial charge in [-0.2, -0.15) is 10.4 Å². The van der Waals surface area contributed by atoms with Crippen LogP contribution in [0, 0.1) is 11.3 Å². The number of nitrogens with zero attached hydrogens (tertiary/aromatic N) is 3. The van der Waals surface area contributed by atoms with Crippen LogP contribution in [0.2, 0.25) is 0 Å². The standard InChI is InChI=1S/C21H18N4O2S/c1-13(2)14-3-6-16(7-4-14)24-25-17(10-22)21-23-18(11-28-21)15-5-8-19-20(9-15)27-12-26-19/h3-9,11,13,24H,12H2,1-2H3. The Balaban J connectivity index is 1.52. The Morgan fingerprint density at radius 1 is 1.18 bits per heavy atom. The summed E-state index contributed by atoms with van der Waals surface area (Å²) in [5, 5.41) is 16.2. The minimum absolute atomic E-state index is 0.232. The maximum atomic E-state index is 9.49. The fourth-order valence-corrected chi connectivity index (χ4v) is 3.52. The summed E-state index contributed by atoms with van der Waals surface area (Å²) in [6.45, 7) is 4.53. The van der Waals surface area contributed by atoms with Crippen LogP contribution < -0.4 is 14.9 Å². The topological polar surface area (TPSA) is 79.5 Å². The fourth-order valence-electron chi connectivity index (χ4n) is 2.75. The highest BCUT2D eigenvalue weighted by molar-refractivity contribution is 7.12. The molecule has 0 amide bonds. The Morgan fingerprint density at radius 3 is 2.71 bits per heavy atom. The molecular weight excluding hydrogens is 372 g/mol. The molecule has 0 fully saturated rings. The second-order valence-corrected chi connectivity index (χ2v) is 7.42. The zero-order chi connectivity index (χ0) is 19.5. The summed E-state index contributed by atoms with van der Waals surface area (Å²) in [5.41, 5.74) is 6.93. The molecule has 4 rings (SSSR count). The van der Waals surface area contributed by atoms with Crippen LogP contribution in [0.1, 0.15) is 30.3 Å². The lowest BCUT2D eigenvalue weighted by Gasteiger charge is -2.06. The van der Waals surface area contributed by atoms with Crippen molar-refractivity contribution in [2.24, 2.45) is 5.10 Å². The molecule has 3 aromatic rings. The molecule has 1 aliphatic heterocycles. The zero-order valence-corrected chi connectivity index (χ0v) is 16.3. The third kappa shape index (κ3) is 3.68. The summed E-state index contributed by atoms with van der Waals surface area (Å²) in [6, 6.07) is 15.8. The van der Waals surface area contributed by atoms with Crippen molar-refractivity contribution in [2.45, 2.75) is 19.8 Å². The normalized spacial score (nSPS) is 12.9. The van der Waals surface area contributed by atoms with Gasteiger partial charge in [0.1, 0.15) is 6.07 Å². The van der Waals surface area contributed by atoms with Crippen LogP contribution in [0.15, 0.2) is 52.9 Å². The SMILES string of the molecule is CC(C)c1ccc(NN=C(C#N)c2nc(-c3ccc4c(c3)OCO4)cs2)cc1. The number of thiazole rings is 1. The van der Waals surface area contributed by atoms with Crippen LogP contribution >= 0.6 is 11.3 Å². The van der Waals surface area contributed by atoms with Gasteiger partial charge in [0.05, 0.1) is 11.4 Å². The molecule has 6 nitrogen and oxygen atoms in total. The van der Waals surface area contributed by atoms with E-state index in [-0.39, 0.29) is 12.5 Å².